The van der Waals surface area contributed by atoms with Crippen LogP contribution in [0, 0.1) is 0 Å². The number of amides is 1. The van der Waals surface area contributed by atoms with Gasteiger partial charge in [-0.05, 0) is 36.0 Å². The number of nitrogens with one attached hydrogen (secondary N) is 2. The Labute approximate surface area is 164 Å². The first-order valence-electron chi connectivity index (χ1n) is 8.48. The number of hydrogen-bond donors (Lipinski definition) is 2. The average Bonchev–Trinajstić information content (AvgIpc) is 2.71. The van der Waals surface area contributed by atoms with Crippen LogP contribution in [0.4, 0.5) is 0 Å². The van der Waals surface area contributed by atoms with E-state index in [1.807, 2.05) is 6.07 Å². The van der Waals surface area contributed by atoms with Crippen LogP contribution in [-0.4, -0.2) is 68.7 Å². The van der Waals surface area contributed by atoms with Crippen molar-refractivity contribution in [2.75, 3.05) is 46.6 Å². The van der Waals surface area contributed by atoms with Crippen molar-refractivity contribution in [1.29, 1.82) is 0 Å². The number of hydrazone groups is 1. The number of nitrogens with zero attached hydrogens (tertiary/aromatic N) is 2. The number of hydrogen-bond acceptors (Lipinski definition) is 6. The van der Waals surface area contributed by atoms with Crippen LogP contribution in [0.2, 0.25) is 0 Å². The molecule has 27 heavy (non-hydrogen) atoms. The van der Waals surface area contributed by atoms with Gasteiger partial charge in [-0.25, -0.2) is 0 Å². The number of methoxy groups -OCH3 is 1. The van der Waals surface area contributed by atoms with E-state index in [4.69, 9.17) is 26.4 Å². The summed E-state index contributed by atoms with van der Waals surface area (Å²) < 4.78 is 16.2. The molecule has 0 spiro atoms. The normalized spacial score (nSPS) is 13.9. The number of ether oxygens (including phenoxy) is 3. The van der Waals surface area contributed by atoms with E-state index in [0.29, 0.717) is 49.5 Å². The fourth-order valence-corrected chi connectivity index (χ4v) is 2.43. The van der Waals surface area contributed by atoms with Gasteiger partial charge in [-0.15, -0.1) is 6.58 Å². The van der Waals surface area contributed by atoms with Crippen LogP contribution in [0.1, 0.15) is 5.56 Å². The molecule has 2 rings (SSSR count). The molecule has 8 nitrogen and oxygen atoms in total. The smallest absolute Gasteiger partial charge is 0.260 e. The summed E-state index contributed by atoms with van der Waals surface area (Å²) in [7, 11) is 1.54. The molecular formula is C18H24N4O4S. The van der Waals surface area contributed by atoms with E-state index >= 15 is 0 Å². The Bertz CT molecular complexity index is 690. The van der Waals surface area contributed by atoms with Gasteiger partial charge in [-0.1, -0.05) is 6.08 Å². The van der Waals surface area contributed by atoms with Gasteiger partial charge < -0.3 is 24.4 Å². The minimum atomic E-state index is -0.0734. The minimum Gasteiger partial charge on any atom is -0.493 e. The molecule has 2 N–H and O–H groups in total. The van der Waals surface area contributed by atoms with Crippen molar-refractivity contribution in [2.24, 2.45) is 5.10 Å². The first-order valence-corrected chi connectivity index (χ1v) is 8.89. The van der Waals surface area contributed by atoms with Crippen molar-refractivity contribution in [3.8, 4) is 11.5 Å². The van der Waals surface area contributed by atoms with Crippen molar-refractivity contribution < 1.29 is 19.0 Å². The second-order valence-electron chi connectivity index (χ2n) is 5.56. The van der Waals surface area contributed by atoms with Gasteiger partial charge in [-0.3, -0.25) is 10.2 Å². The molecule has 1 aliphatic heterocycles. The summed E-state index contributed by atoms with van der Waals surface area (Å²) in [5.41, 5.74) is 3.49. The summed E-state index contributed by atoms with van der Waals surface area (Å²) in [6.07, 6.45) is 3.30. The molecule has 1 saturated heterocycles. The predicted molar refractivity (Wildman–Crippen MR) is 107 cm³/mol. The van der Waals surface area contributed by atoms with E-state index in [2.05, 4.69) is 22.4 Å². The third-order valence-corrected chi connectivity index (χ3v) is 3.92. The second-order valence-corrected chi connectivity index (χ2v) is 5.97. The fourth-order valence-electron chi connectivity index (χ4n) is 2.30. The van der Waals surface area contributed by atoms with Crippen molar-refractivity contribution in [1.82, 2.24) is 15.6 Å². The maximum atomic E-state index is 12.2. The van der Waals surface area contributed by atoms with Crippen molar-refractivity contribution in [3.63, 3.8) is 0 Å². The van der Waals surface area contributed by atoms with Crippen molar-refractivity contribution >= 4 is 29.5 Å². The largest absolute Gasteiger partial charge is 0.493 e. The molecule has 1 aromatic rings. The molecule has 0 bridgehead atoms. The molecule has 1 heterocycles. The molecule has 1 aliphatic rings. The number of thiocarbonyl (C=S) groups is 1. The molecular weight excluding hydrogens is 368 g/mol. The third kappa shape index (κ3) is 6.87. The lowest BCUT2D eigenvalue weighted by Gasteiger charge is -2.26. The van der Waals surface area contributed by atoms with Gasteiger partial charge in [0.25, 0.3) is 5.91 Å². The van der Waals surface area contributed by atoms with Crippen LogP contribution in [0.5, 0.6) is 11.5 Å². The van der Waals surface area contributed by atoms with E-state index in [0.717, 1.165) is 5.56 Å². The zero-order chi connectivity index (χ0) is 19.5. The predicted octanol–water partition coefficient (Wildman–Crippen LogP) is 0.917. The van der Waals surface area contributed by atoms with E-state index in [1.54, 1.807) is 36.4 Å². The summed E-state index contributed by atoms with van der Waals surface area (Å²) in [4.78, 5) is 13.9. The van der Waals surface area contributed by atoms with Gasteiger partial charge >= 0.3 is 0 Å². The highest BCUT2D eigenvalue weighted by molar-refractivity contribution is 7.80. The van der Waals surface area contributed by atoms with E-state index in [1.165, 1.54) is 0 Å². The standard InChI is InChI=1S/C18H24N4O4S/c1-3-6-19-18(27)21-20-12-14-4-5-15(16(11-14)24-2)26-13-17(23)22-7-9-25-10-8-22/h3-5,11-12H,1,6-10,13H2,2H3,(H2,19,21,27)/b20-12+. The van der Waals surface area contributed by atoms with Crippen LogP contribution in [0.15, 0.2) is 36.0 Å². The molecule has 0 radical (unpaired) electrons. The highest BCUT2D eigenvalue weighted by Crippen LogP contribution is 2.27. The van der Waals surface area contributed by atoms with E-state index in [9.17, 15) is 4.79 Å². The SMILES string of the molecule is C=CCNC(=S)N/N=C/c1ccc(OCC(=O)N2CCOCC2)c(OC)c1. The highest BCUT2D eigenvalue weighted by Gasteiger charge is 2.18. The van der Waals surface area contributed by atoms with E-state index in [-0.39, 0.29) is 12.5 Å². The van der Waals surface area contributed by atoms with Crippen molar-refractivity contribution in [3.05, 3.63) is 36.4 Å². The Hall–Kier alpha value is -2.65. The summed E-state index contributed by atoms with van der Waals surface area (Å²) >= 11 is 5.04. The summed E-state index contributed by atoms with van der Waals surface area (Å²) in [5, 5.41) is 7.36. The van der Waals surface area contributed by atoms with Crippen LogP contribution in [-0.2, 0) is 9.53 Å². The molecule has 0 atom stereocenters. The monoisotopic (exact) mass is 392 g/mol. The number of morpholine rings is 1. The minimum absolute atomic E-state index is 0.0470. The number of rotatable bonds is 8. The molecule has 0 aromatic heterocycles. The zero-order valence-electron chi connectivity index (χ0n) is 15.3. The molecule has 146 valence electrons. The highest BCUT2D eigenvalue weighted by atomic mass is 32.1. The molecule has 1 aromatic carbocycles. The van der Waals surface area contributed by atoms with Crippen LogP contribution >= 0.6 is 12.2 Å². The zero-order valence-corrected chi connectivity index (χ0v) is 16.1. The van der Waals surface area contributed by atoms with Gasteiger partial charge in [0.15, 0.2) is 23.2 Å². The lowest BCUT2D eigenvalue weighted by Crippen LogP contribution is -2.43. The Morgan fingerprint density at radius 3 is 2.89 bits per heavy atom. The Balaban J connectivity index is 1.89. The summed E-state index contributed by atoms with van der Waals surface area (Å²) in [6.45, 7) is 6.41. The topological polar surface area (TPSA) is 84.4 Å². The average molecular weight is 392 g/mol. The third-order valence-electron chi connectivity index (χ3n) is 3.69. The van der Waals surface area contributed by atoms with Crippen LogP contribution in [0.25, 0.3) is 0 Å². The first-order chi connectivity index (χ1) is 13.1. The van der Waals surface area contributed by atoms with E-state index < -0.39 is 0 Å². The first kappa shape index (κ1) is 20.7. The number of carbonyl (C=O) groups is 1. The summed E-state index contributed by atoms with van der Waals surface area (Å²) in [5.74, 6) is 0.934. The van der Waals surface area contributed by atoms with Gasteiger partial charge in [0.2, 0.25) is 0 Å². The molecule has 1 amide bonds. The lowest BCUT2D eigenvalue weighted by atomic mass is 10.2. The van der Waals surface area contributed by atoms with Gasteiger partial charge in [0, 0.05) is 19.6 Å². The van der Waals surface area contributed by atoms with Gasteiger partial charge in [0.05, 0.1) is 26.5 Å². The second kappa shape index (κ2) is 11.1. The quantitative estimate of drug-likeness (QED) is 0.294. The maximum Gasteiger partial charge on any atom is 0.260 e. The van der Waals surface area contributed by atoms with Gasteiger partial charge in [-0.2, -0.15) is 5.10 Å². The lowest BCUT2D eigenvalue weighted by molar-refractivity contribution is -0.137. The Morgan fingerprint density at radius 2 is 2.19 bits per heavy atom. The van der Waals surface area contributed by atoms with Gasteiger partial charge in [0.1, 0.15) is 0 Å². The number of carbonyl (C=O) groups excluding carboxylic acids is 1. The van der Waals surface area contributed by atoms with Crippen molar-refractivity contribution in [2.45, 2.75) is 0 Å². The van der Waals surface area contributed by atoms with Crippen LogP contribution in [0.3, 0.4) is 0 Å². The molecule has 0 unspecified atom stereocenters. The molecule has 0 saturated carbocycles. The molecule has 9 heteroatoms. The number of benzene rings is 1. The molecule has 0 aliphatic carbocycles. The fraction of sp³-hybridized carbons (Fsp3) is 0.389. The Kier molecular flexibility index (Phi) is 8.53. The molecule has 1 fully saturated rings. The summed E-state index contributed by atoms with van der Waals surface area (Å²) in [6, 6.07) is 5.31. The Morgan fingerprint density at radius 1 is 1.41 bits per heavy atom. The maximum absolute atomic E-state index is 12.2. The van der Waals surface area contributed by atoms with Crippen LogP contribution < -0.4 is 20.2 Å².